The number of carbonyl (C=O) groups is 1. The lowest BCUT2D eigenvalue weighted by Gasteiger charge is -2.18. The second-order valence-electron chi connectivity index (χ2n) is 6.27. The molecule has 1 aromatic carbocycles. The molecule has 0 unspecified atom stereocenters. The zero-order valence-electron chi connectivity index (χ0n) is 14.4. The topological polar surface area (TPSA) is 75.3 Å². The summed E-state index contributed by atoms with van der Waals surface area (Å²) in [5.74, 6) is 1.17. The number of H-pyrrole nitrogens is 1. The van der Waals surface area contributed by atoms with Crippen molar-refractivity contribution in [3.63, 3.8) is 0 Å². The van der Waals surface area contributed by atoms with Crippen molar-refractivity contribution in [2.75, 3.05) is 6.61 Å². The van der Waals surface area contributed by atoms with Crippen LogP contribution in [0.1, 0.15) is 33.8 Å². The fourth-order valence-electron chi connectivity index (χ4n) is 2.94. The lowest BCUT2D eigenvalue weighted by molar-refractivity contribution is -0.134. The lowest BCUT2D eigenvalue weighted by atomic mass is 10.1. The highest BCUT2D eigenvalue weighted by atomic mass is 16.5. The van der Waals surface area contributed by atoms with E-state index in [4.69, 9.17) is 4.74 Å². The van der Waals surface area contributed by atoms with Crippen molar-refractivity contribution in [3.05, 3.63) is 56.3 Å². The van der Waals surface area contributed by atoms with Crippen LogP contribution in [-0.2, 0) is 17.9 Å². The molecule has 3 rings (SSSR count). The van der Waals surface area contributed by atoms with Gasteiger partial charge in [-0.2, -0.15) is 0 Å². The summed E-state index contributed by atoms with van der Waals surface area (Å²) in [6.45, 7) is 8.29. The normalized spacial score (nSPS) is 13.1. The molecule has 0 radical (unpaired) electrons. The average molecular weight is 327 g/mol. The first kappa shape index (κ1) is 16.2. The maximum atomic E-state index is 12.5. The van der Waals surface area contributed by atoms with Gasteiger partial charge in [-0.3, -0.25) is 9.59 Å². The molecule has 0 fully saturated rings. The van der Waals surface area contributed by atoms with E-state index in [2.05, 4.69) is 9.97 Å². The molecule has 2 aromatic rings. The lowest BCUT2D eigenvalue weighted by Crippen LogP contribution is -2.31. The standard InChI is InChI=1S/C18H21N3O3/c1-10-5-6-11(2)17(12(10)3)24-9-16(22)21-7-14-15(8-21)19-13(4)20-18(14)23/h5-6H,7-9H2,1-4H3,(H,19,20,23). The van der Waals surface area contributed by atoms with Gasteiger partial charge in [-0.25, -0.2) is 4.98 Å². The van der Waals surface area contributed by atoms with E-state index in [-0.39, 0.29) is 24.6 Å². The molecule has 1 aliphatic rings. The minimum absolute atomic E-state index is 0.0456. The molecule has 0 aliphatic carbocycles. The third-order valence-corrected chi connectivity index (χ3v) is 4.48. The Morgan fingerprint density at radius 2 is 1.92 bits per heavy atom. The van der Waals surface area contributed by atoms with Crippen LogP contribution in [0.15, 0.2) is 16.9 Å². The minimum atomic E-state index is -0.168. The maximum Gasteiger partial charge on any atom is 0.261 e. The highest BCUT2D eigenvalue weighted by Gasteiger charge is 2.27. The van der Waals surface area contributed by atoms with E-state index < -0.39 is 0 Å². The number of aryl methyl sites for hydroxylation is 3. The number of hydrogen-bond donors (Lipinski definition) is 1. The van der Waals surface area contributed by atoms with Gasteiger partial charge in [0.15, 0.2) is 6.61 Å². The Balaban J connectivity index is 1.71. The first-order valence-electron chi connectivity index (χ1n) is 7.93. The molecular formula is C18H21N3O3. The molecule has 6 nitrogen and oxygen atoms in total. The van der Waals surface area contributed by atoms with E-state index in [1.54, 1.807) is 11.8 Å². The third-order valence-electron chi connectivity index (χ3n) is 4.48. The monoisotopic (exact) mass is 327 g/mol. The molecular weight excluding hydrogens is 306 g/mol. The van der Waals surface area contributed by atoms with Crippen molar-refractivity contribution in [3.8, 4) is 5.75 Å². The Hall–Kier alpha value is -2.63. The number of rotatable bonds is 3. The highest BCUT2D eigenvalue weighted by molar-refractivity contribution is 5.78. The van der Waals surface area contributed by atoms with E-state index >= 15 is 0 Å². The van der Waals surface area contributed by atoms with Gasteiger partial charge in [0.1, 0.15) is 11.6 Å². The smallest absolute Gasteiger partial charge is 0.261 e. The number of benzene rings is 1. The molecule has 0 bridgehead atoms. The van der Waals surface area contributed by atoms with Gasteiger partial charge in [0, 0.05) is 0 Å². The summed E-state index contributed by atoms with van der Waals surface area (Å²) in [7, 11) is 0. The van der Waals surface area contributed by atoms with Crippen LogP contribution in [0, 0.1) is 27.7 Å². The largest absolute Gasteiger partial charge is 0.483 e. The molecule has 0 saturated heterocycles. The Kier molecular flexibility index (Phi) is 4.13. The predicted octanol–water partition coefficient (Wildman–Crippen LogP) is 1.92. The SMILES string of the molecule is Cc1nc2c(c(=O)[nH]1)CN(C(=O)COc1c(C)ccc(C)c1C)C2. The van der Waals surface area contributed by atoms with Crippen LogP contribution >= 0.6 is 0 Å². The first-order valence-corrected chi connectivity index (χ1v) is 7.93. The molecule has 126 valence electrons. The molecule has 1 N–H and O–H groups in total. The number of nitrogens with one attached hydrogen (secondary N) is 1. The quantitative estimate of drug-likeness (QED) is 0.934. The average Bonchev–Trinajstić information content (AvgIpc) is 2.95. The number of ether oxygens (including phenoxy) is 1. The van der Waals surface area contributed by atoms with Gasteiger partial charge in [0.25, 0.3) is 11.5 Å². The number of amides is 1. The van der Waals surface area contributed by atoms with Gasteiger partial charge in [-0.15, -0.1) is 0 Å². The van der Waals surface area contributed by atoms with E-state index in [0.29, 0.717) is 23.6 Å². The molecule has 1 amide bonds. The second kappa shape index (κ2) is 6.11. The van der Waals surface area contributed by atoms with E-state index in [1.165, 1.54) is 0 Å². The summed E-state index contributed by atoms with van der Waals surface area (Å²) in [6, 6.07) is 4.02. The summed E-state index contributed by atoms with van der Waals surface area (Å²) < 4.78 is 5.78. The van der Waals surface area contributed by atoms with Crippen molar-refractivity contribution in [2.45, 2.75) is 40.8 Å². The summed E-state index contributed by atoms with van der Waals surface area (Å²) in [5, 5.41) is 0. The molecule has 0 saturated carbocycles. The maximum absolute atomic E-state index is 12.5. The van der Waals surface area contributed by atoms with E-state index in [0.717, 1.165) is 22.4 Å². The minimum Gasteiger partial charge on any atom is -0.483 e. The van der Waals surface area contributed by atoms with Gasteiger partial charge < -0.3 is 14.6 Å². The number of aromatic amines is 1. The third kappa shape index (κ3) is 2.91. The molecule has 24 heavy (non-hydrogen) atoms. The van der Waals surface area contributed by atoms with Crippen LogP contribution in [0.25, 0.3) is 0 Å². The van der Waals surface area contributed by atoms with Crippen LogP contribution < -0.4 is 10.3 Å². The summed E-state index contributed by atoms with van der Waals surface area (Å²) >= 11 is 0. The highest BCUT2D eigenvalue weighted by Crippen LogP contribution is 2.26. The fraction of sp³-hybridized carbons (Fsp3) is 0.389. The van der Waals surface area contributed by atoms with E-state index in [9.17, 15) is 9.59 Å². The Bertz CT molecular complexity index is 871. The first-order chi connectivity index (χ1) is 11.4. The number of aromatic nitrogens is 2. The number of fused-ring (bicyclic) bond motifs is 1. The van der Waals surface area contributed by atoms with Crippen molar-refractivity contribution < 1.29 is 9.53 Å². The van der Waals surface area contributed by atoms with Gasteiger partial charge in [0.2, 0.25) is 0 Å². The Morgan fingerprint density at radius 3 is 2.67 bits per heavy atom. The summed E-state index contributed by atoms with van der Waals surface area (Å²) in [6.07, 6.45) is 0. The summed E-state index contributed by atoms with van der Waals surface area (Å²) in [4.78, 5) is 33.0. The molecule has 6 heteroatoms. The number of carbonyl (C=O) groups excluding carboxylic acids is 1. The van der Waals surface area contributed by atoms with Crippen molar-refractivity contribution >= 4 is 5.91 Å². The Labute approximate surface area is 140 Å². The summed E-state index contributed by atoms with van der Waals surface area (Å²) in [5.41, 5.74) is 4.25. The molecule has 0 atom stereocenters. The zero-order chi connectivity index (χ0) is 17.4. The van der Waals surface area contributed by atoms with Crippen LogP contribution in [0.3, 0.4) is 0 Å². The van der Waals surface area contributed by atoms with Crippen molar-refractivity contribution in [1.82, 2.24) is 14.9 Å². The Morgan fingerprint density at radius 1 is 1.21 bits per heavy atom. The van der Waals surface area contributed by atoms with Crippen LogP contribution in [0.4, 0.5) is 0 Å². The molecule has 2 heterocycles. The molecule has 0 spiro atoms. The van der Waals surface area contributed by atoms with Gasteiger partial charge in [-0.05, 0) is 44.4 Å². The van der Waals surface area contributed by atoms with Crippen molar-refractivity contribution in [1.29, 1.82) is 0 Å². The second-order valence-corrected chi connectivity index (χ2v) is 6.27. The van der Waals surface area contributed by atoms with Gasteiger partial charge >= 0.3 is 0 Å². The number of hydrogen-bond acceptors (Lipinski definition) is 4. The van der Waals surface area contributed by atoms with Crippen LogP contribution in [0.2, 0.25) is 0 Å². The predicted molar refractivity (Wildman–Crippen MR) is 90.0 cm³/mol. The molecule has 1 aromatic heterocycles. The fourth-order valence-corrected chi connectivity index (χ4v) is 2.94. The van der Waals surface area contributed by atoms with Gasteiger partial charge in [0.05, 0.1) is 24.3 Å². The van der Waals surface area contributed by atoms with Crippen LogP contribution in [-0.4, -0.2) is 27.4 Å². The molecule has 1 aliphatic heterocycles. The van der Waals surface area contributed by atoms with Crippen molar-refractivity contribution in [2.24, 2.45) is 0 Å². The zero-order valence-corrected chi connectivity index (χ0v) is 14.4. The van der Waals surface area contributed by atoms with Gasteiger partial charge in [-0.1, -0.05) is 12.1 Å². The van der Waals surface area contributed by atoms with E-state index in [1.807, 2.05) is 32.9 Å². The van der Waals surface area contributed by atoms with Crippen LogP contribution in [0.5, 0.6) is 5.75 Å². The number of nitrogens with zero attached hydrogens (tertiary/aromatic N) is 2.